The van der Waals surface area contributed by atoms with Gasteiger partial charge in [-0.05, 0) is 59.7 Å². The highest BCUT2D eigenvalue weighted by Crippen LogP contribution is 2.34. The molecule has 0 aromatic heterocycles. The summed E-state index contributed by atoms with van der Waals surface area (Å²) < 4.78 is 11.9. The second-order valence-electron chi connectivity index (χ2n) is 7.26. The lowest BCUT2D eigenvalue weighted by molar-refractivity contribution is -0.135. The zero-order chi connectivity index (χ0) is 22.5. The third-order valence-corrected chi connectivity index (χ3v) is 5.75. The minimum atomic E-state index is -0.252. The Morgan fingerprint density at radius 2 is 1.69 bits per heavy atom. The number of benzene rings is 3. The fourth-order valence-electron chi connectivity index (χ4n) is 3.50. The molecule has 0 bridgehead atoms. The lowest BCUT2D eigenvalue weighted by Crippen LogP contribution is -2.31. The maximum atomic E-state index is 13.1. The lowest BCUT2D eigenvalue weighted by atomic mass is 9.98. The van der Waals surface area contributed by atoms with E-state index in [1.54, 1.807) is 31.4 Å². The number of ether oxygens (including phenoxy) is 2. The van der Waals surface area contributed by atoms with Gasteiger partial charge in [-0.25, -0.2) is 5.01 Å². The molecule has 0 spiro atoms. The summed E-state index contributed by atoms with van der Waals surface area (Å²) in [7, 11) is 1.62. The largest absolute Gasteiger partial charge is 0.497 e. The molecule has 162 valence electrons. The Morgan fingerprint density at radius 1 is 1.03 bits per heavy atom. The van der Waals surface area contributed by atoms with Crippen LogP contribution in [0.5, 0.6) is 11.5 Å². The summed E-state index contributed by atoms with van der Waals surface area (Å²) in [5.41, 5.74) is 3.31. The van der Waals surface area contributed by atoms with Crippen LogP contribution in [0, 0.1) is 0 Å². The molecule has 6 nitrogen and oxygen atoms in total. The van der Waals surface area contributed by atoms with E-state index in [1.165, 1.54) is 5.01 Å². The third kappa shape index (κ3) is 4.89. The molecule has 3 aromatic carbocycles. The molecule has 1 aliphatic rings. The zero-order valence-electron chi connectivity index (χ0n) is 17.4. The number of hydrogen-bond donors (Lipinski definition) is 0. The van der Waals surface area contributed by atoms with Gasteiger partial charge in [-0.15, -0.1) is 0 Å². The van der Waals surface area contributed by atoms with Crippen molar-refractivity contribution in [2.75, 3.05) is 13.7 Å². The van der Waals surface area contributed by atoms with Crippen LogP contribution in [0.2, 0.25) is 0 Å². The van der Waals surface area contributed by atoms with Gasteiger partial charge in [0.05, 0.1) is 18.9 Å². The van der Waals surface area contributed by atoms with Crippen LogP contribution in [0.3, 0.4) is 0 Å². The van der Waals surface area contributed by atoms with Crippen LogP contribution in [0.15, 0.2) is 82.4 Å². The fourth-order valence-corrected chi connectivity index (χ4v) is 3.76. The number of hydrazone groups is 1. The summed E-state index contributed by atoms with van der Waals surface area (Å²) in [6.45, 7) is -0.162. The zero-order valence-corrected chi connectivity index (χ0v) is 19.0. The Hall–Kier alpha value is -3.45. The summed E-state index contributed by atoms with van der Waals surface area (Å²) >= 11 is 3.45. The van der Waals surface area contributed by atoms with E-state index in [9.17, 15) is 9.59 Å². The standard InChI is InChI=1S/C25H21BrN2O4/c1-31-21-12-6-19(7-13-21)24-14-23(18-4-8-20(26)9-5-18)27-28(24)25(30)16-32-22-10-2-17(15-29)3-11-22/h2-13,15,24H,14,16H2,1H3. The molecule has 0 N–H and O–H groups in total. The summed E-state index contributed by atoms with van der Waals surface area (Å²) in [6.07, 6.45) is 1.35. The molecule has 0 saturated heterocycles. The molecule has 7 heteroatoms. The van der Waals surface area contributed by atoms with Gasteiger partial charge in [-0.3, -0.25) is 9.59 Å². The van der Waals surface area contributed by atoms with E-state index in [0.29, 0.717) is 17.7 Å². The van der Waals surface area contributed by atoms with E-state index in [0.717, 1.165) is 33.3 Å². The highest BCUT2D eigenvalue weighted by molar-refractivity contribution is 9.10. The van der Waals surface area contributed by atoms with Crippen molar-refractivity contribution in [1.82, 2.24) is 5.01 Å². The Morgan fingerprint density at radius 3 is 2.31 bits per heavy atom. The van der Waals surface area contributed by atoms with E-state index in [1.807, 2.05) is 48.5 Å². The van der Waals surface area contributed by atoms with E-state index in [2.05, 4.69) is 21.0 Å². The molecule has 0 fully saturated rings. The Labute approximate surface area is 194 Å². The number of carbonyl (C=O) groups is 2. The van der Waals surface area contributed by atoms with Crippen LogP contribution in [0.1, 0.15) is 33.9 Å². The van der Waals surface area contributed by atoms with Gasteiger partial charge in [0.2, 0.25) is 0 Å². The first-order valence-corrected chi connectivity index (χ1v) is 10.8. The molecule has 0 saturated carbocycles. The molecule has 0 aliphatic carbocycles. The topological polar surface area (TPSA) is 68.2 Å². The quantitative estimate of drug-likeness (QED) is 0.434. The number of nitrogens with zero attached hydrogens (tertiary/aromatic N) is 2. The fraction of sp³-hybridized carbons (Fsp3) is 0.160. The first kappa shape index (κ1) is 21.8. The predicted octanol–water partition coefficient (Wildman–Crippen LogP) is 5.03. The molecule has 1 amide bonds. The van der Waals surface area contributed by atoms with Gasteiger partial charge in [0.1, 0.15) is 17.8 Å². The molecular formula is C25H21BrN2O4. The first-order valence-electron chi connectivity index (χ1n) is 10.0. The lowest BCUT2D eigenvalue weighted by Gasteiger charge is -2.22. The second-order valence-corrected chi connectivity index (χ2v) is 8.18. The second kappa shape index (κ2) is 9.78. The summed E-state index contributed by atoms with van der Waals surface area (Å²) in [6, 6.07) is 21.9. The number of rotatable bonds is 7. The minimum Gasteiger partial charge on any atom is -0.497 e. The maximum Gasteiger partial charge on any atom is 0.281 e. The van der Waals surface area contributed by atoms with Gasteiger partial charge in [-0.1, -0.05) is 40.2 Å². The molecular weight excluding hydrogens is 472 g/mol. The smallest absolute Gasteiger partial charge is 0.281 e. The Kier molecular flexibility index (Phi) is 6.66. The normalized spacial score (nSPS) is 15.2. The minimum absolute atomic E-state index is 0.162. The average Bonchev–Trinajstić information content (AvgIpc) is 3.29. The third-order valence-electron chi connectivity index (χ3n) is 5.22. The van der Waals surface area contributed by atoms with Gasteiger partial charge in [0, 0.05) is 16.5 Å². The van der Waals surface area contributed by atoms with Crippen molar-refractivity contribution in [1.29, 1.82) is 0 Å². The van der Waals surface area contributed by atoms with E-state index >= 15 is 0 Å². The SMILES string of the molecule is COc1ccc(C2CC(c3ccc(Br)cc3)=NN2C(=O)COc2ccc(C=O)cc2)cc1. The molecule has 32 heavy (non-hydrogen) atoms. The monoisotopic (exact) mass is 492 g/mol. The highest BCUT2D eigenvalue weighted by Gasteiger charge is 2.33. The number of amides is 1. The molecule has 1 heterocycles. The van der Waals surface area contributed by atoms with Crippen molar-refractivity contribution in [2.45, 2.75) is 12.5 Å². The van der Waals surface area contributed by atoms with Crippen LogP contribution < -0.4 is 9.47 Å². The van der Waals surface area contributed by atoms with Crippen molar-refractivity contribution in [3.05, 3.63) is 94.0 Å². The molecule has 1 unspecified atom stereocenters. The summed E-state index contributed by atoms with van der Waals surface area (Å²) in [4.78, 5) is 23.9. The average molecular weight is 493 g/mol. The summed E-state index contributed by atoms with van der Waals surface area (Å²) in [5.74, 6) is 1.01. The first-order chi connectivity index (χ1) is 15.6. The van der Waals surface area contributed by atoms with Gasteiger partial charge >= 0.3 is 0 Å². The van der Waals surface area contributed by atoms with Crippen LogP contribution in [-0.4, -0.2) is 36.6 Å². The number of hydrogen-bond acceptors (Lipinski definition) is 5. The van der Waals surface area contributed by atoms with Crippen LogP contribution >= 0.6 is 15.9 Å². The van der Waals surface area contributed by atoms with Crippen molar-refractivity contribution < 1.29 is 19.1 Å². The number of carbonyl (C=O) groups excluding carboxylic acids is 2. The van der Waals surface area contributed by atoms with Gasteiger partial charge in [0.25, 0.3) is 5.91 Å². The molecule has 1 aliphatic heterocycles. The van der Waals surface area contributed by atoms with Crippen LogP contribution in [0.25, 0.3) is 0 Å². The van der Waals surface area contributed by atoms with Crippen LogP contribution in [-0.2, 0) is 4.79 Å². The van der Waals surface area contributed by atoms with E-state index in [4.69, 9.17) is 9.47 Å². The number of aldehydes is 1. The number of halogens is 1. The van der Waals surface area contributed by atoms with Crippen molar-refractivity contribution in [2.24, 2.45) is 5.10 Å². The van der Waals surface area contributed by atoms with Crippen molar-refractivity contribution >= 4 is 33.8 Å². The Balaban J connectivity index is 1.56. The van der Waals surface area contributed by atoms with E-state index in [-0.39, 0.29) is 18.6 Å². The van der Waals surface area contributed by atoms with E-state index < -0.39 is 0 Å². The molecule has 1 atom stereocenters. The highest BCUT2D eigenvalue weighted by atomic mass is 79.9. The molecule has 3 aromatic rings. The van der Waals surface area contributed by atoms with Crippen LogP contribution in [0.4, 0.5) is 0 Å². The number of methoxy groups -OCH3 is 1. The molecule has 4 rings (SSSR count). The van der Waals surface area contributed by atoms with Gasteiger partial charge in [-0.2, -0.15) is 5.10 Å². The van der Waals surface area contributed by atoms with Crippen molar-refractivity contribution in [3.8, 4) is 11.5 Å². The van der Waals surface area contributed by atoms with Gasteiger partial charge in [0.15, 0.2) is 6.61 Å². The maximum absolute atomic E-state index is 13.1. The Bertz CT molecular complexity index is 1130. The predicted molar refractivity (Wildman–Crippen MR) is 125 cm³/mol. The summed E-state index contributed by atoms with van der Waals surface area (Å²) in [5, 5.41) is 6.15. The van der Waals surface area contributed by atoms with Crippen molar-refractivity contribution in [3.63, 3.8) is 0 Å². The van der Waals surface area contributed by atoms with Gasteiger partial charge < -0.3 is 9.47 Å². The molecule has 0 radical (unpaired) electrons.